The zero-order chi connectivity index (χ0) is 11.7. The first-order chi connectivity index (χ1) is 7.59. The molecule has 0 radical (unpaired) electrons. The maximum Gasteiger partial charge on any atom is 0.293 e. The first-order valence-electron chi connectivity index (χ1n) is 4.31. The number of hydrogen-bond acceptors (Lipinski definition) is 4. The summed E-state index contributed by atoms with van der Waals surface area (Å²) in [5, 5.41) is 10.9. The molecule has 7 heteroatoms. The van der Waals surface area contributed by atoms with Gasteiger partial charge in [0.2, 0.25) is 0 Å². The fraction of sp³-hybridized carbons (Fsp3) is 0. The van der Waals surface area contributed by atoms with Crippen LogP contribution in [-0.4, -0.2) is 14.5 Å². The number of nitrogens with two attached hydrogens (primary N) is 1. The van der Waals surface area contributed by atoms with E-state index in [1.165, 1.54) is 18.5 Å². The number of nitrogens with zero attached hydrogens (tertiary/aromatic N) is 3. The van der Waals surface area contributed by atoms with Gasteiger partial charge in [-0.1, -0.05) is 11.6 Å². The maximum absolute atomic E-state index is 10.6. The number of benzene rings is 1. The molecule has 1 aromatic carbocycles. The van der Waals surface area contributed by atoms with Crippen LogP contribution >= 0.6 is 11.6 Å². The van der Waals surface area contributed by atoms with E-state index in [1.807, 2.05) is 0 Å². The van der Waals surface area contributed by atoms with Crippen LogP contribution in [0.25, 0.3) is 5.69 Å². The fourth-order valence-electron chi connectivity index (χ4n) is 1.33. The first kappa shape index (κ1) is 10.4. The van der Waals surface area contributed by atoms with Gasteiger partial charge < -0.3 is 10.3 Å². The van der Waals surface area contributed by atoms with Crippen molar-refractivity contribution in [3.63, 3.8) is 0 Å². The summed E-state index contributed by atoms with van der Waals surface area (Å²) in [4.78, 5) is 13.9. The molecule has 6 nitrogen and oxygen atoms in total. The van der Waals surface area contributed by atoms with Gasteiger partial charge in [-0.05, 0) is 6.07 Å². The first-order valence-corrected chi connectivity index (χ1v) is 4.69. The third-order valence-electron chi connectivity index (χ3n) is 2.08. The van der Waals surface area contributed by atoms with E-state index in [4.69, 9.17) is 17.3 Å². The van der Waals surface area contributed by atoms with Gasteiger partial charge in [-0.3, -0.25) is 10.1 Å². The van der Waals surface area contributed by atoms with E-state index in [2.05, 4.69) is 4.98 Å². The molecule has 0 fully saturated rings. The number of nitrogen functional groups attached to an aromatic ring is 1. The molecular formula is C9H7ClN4O2. The summed E-state index contributed by atoms with van der Waals surface area (Å²) in [6.45, 7) is 0. The van der Waals surface area contributed by atoms with Gasteiger partial charge in [0.1, 0.15) is 5.69 Å². The van der Waals surface area contributed by atoms with E-state index >= 15 is 0 Å². The van der Waals surface area contributed by atoms with E-state index in [1.54, 1.807) is 17.0 Å². The van der Waals surface area contributed by atoms with Crippen LogP contribution in [0.1, 0.15) is 0 Å². The molecule has 16 heavy (non-hydrogen) atoms. The van der Waals surface area contributed by atoms with Crippen molar-refractivity contribution in [2.24, 2.45) is 0 Å². The van der Waals surface area contributed by atoms with Gasteiger partial charge in [-0.2, -0.15) is 0 Å². The van der Waals surface area contributed by atoms with Crippen LogP contribution in [0, 0.1) is 10.1 Å². The molecule has 0 spiro atoms. The summed E-state index contributed by atoms with van der Waals surface area (Å²) in [5.74, 6) is 0. The Morgan fingerprint density at radius 2 is 2.25 bits per heavy atom. The second-order valence-corrected chi connectivity index (χ2v) is 3.50. The van der Waals surface area contributed by atoms with Crippen molar-refractivity contribution < 1.29 is 4.92 Å². The van der Waals surface area contributed by atoms with Crippen LogP contribution < -0.4 is 5.73 Å². The van der Waals surface area contributed by atoms with Gasteiger partial charge >= 0.3 is 0 Å². The van der Waals surface area contributed by atoms with Crippen LogP contribution in [0.5, 0.6) is 0 Å². The van der Waals surface area contributed by atoms with E-state index in [0.717, 1.165) is 0 Å². The summed E-state index contributed by atoms with van der Waals surface area (Å²) in [7, 11) is 0. The summed E-state index contributed by atoms with van der Waals surface area (Å²) in [6, 6.07) is 2.67. The average molecular weight is 239 g/mol. The molecule has 0 aliphatic carbocycles. The number of nitro benzene ring substituents is 1. The Morgan fingerprint density at radius 3 is 2.81 bits per heavy atom. The second kappa shape index (κ2) is 3.82. The lowest BCUT2D eigenvalue weighted by molar-refractivity contribution is -0.383. The largest absolute Gasteiger partial charge is 0.393 e. The van der Waals surface area contributed by atoms with Crippen LogP contribution in [0.4, 0.5) is 11.4 Å². The molecule has 0 unspecified atom stereocenters. The number of nitro groups is 1. The predicted octanol–water partition coefficient (Wildman–Crippen LogP) is 2.02. The van der Waals surface area contributed by atoms with Crippen molar-refractivity contribution in [2.75, 3.05) is 5.73 Å². The third kappa shape index (κ3) is 1.70. The quantitative estimate of drug-likeness (QED) is 0.493. The van der Waals surface area contributed by atoms with E-state index < -0.39 is 4.92 Å². The third-order valence-corrected chi connectivity index (χ3v) is 2.38. The van der Waals surface area contributed by atoms with Crippen LogP contribution in [-0.2, 0) is 0 Å². The van der Waals surface area contributed by atoms with Gasteiger partial charge in [-0.25, -0.2) is 4.98 Å². The van der Waals surface area contributed by atoms with E-state index in [-0.39, 0.29) is 16.4 Å². The van der Waals surface area contributed by atoms with Gasteiger partial charge in [0.05, 0.1) is 22.0 Å². The van der Waals surface area contributed by atoms with Gasteiger partial charge in [0, 0.05) is 18.5 Å². The normalized spacial score (nSPS) is 10.3. The Kier molecular flexibility index (Phi) is 2.49. The number of anilines is 1. The van der Waals surface area contributed by atoms with Crippen LogP contribution in [0.3, 0.4) is 0 Å². The number of imidazole rings is 1. The van der Waals surface area contributed by atoms with Crippen molar-refractivity contribution >= 4 is 23.0 Å². The molecule has 0 amide bonds. The standard InChI is InChI=1S/C9H7ClN4O2/c10-6-3-9(14(15)16)7(11)4-8(6)13-2-1-12-5-13/h1-5H,11H2. The molecule has 0 aliphatic heterocycles. The smallest absolute Gasteiger partial charge is 0.293 e. The topological polar surface area (TPSA) is 87.0 Å². The van der Waals surface area contributed by atoms with Crippen molar-refractivity contribution in [1.82, 2.24) is 9.55 Å². The number of hydrogen-bond donors (Lipinski definition) is 1. The molecule has 2 aromatic rings. The molecule has 0 saturated carbocycles. The Bertz CT molecular complexity index is 539. The SMILES string of the molecule is Nc1cc(-n2ccnc2)c(Cl)cc1[N+](=O)[O-]. The minimum absolute atomic E-state index is 0.0677. The van der Waals surface area contributed by atoms with Crippen molar-refractivity contribution in [3.05, 3.63) is 46.0 Å². The predicted molar refractivity (Wildman–Crippen MR) is 59.6 cm³/mol. The van der Waals surface area contributed by atoms with E-state index in [9.17, 15) is 10.1 Å². The Morgan fingerprint density at radius 1 is 1.50 bits per heavy atom. The second-order valence-electron chi connectivity index (χ2n) is 3.09. The highest BCUT2D eigenvalue weighted by Gasteiger charge is 2.15. The van der Waals surface area contributed by atoms with Crippen molar-refractivity contribution in [1.29, 1.82) is 0 Å². The molecular weight excluding hydrogens is 232 g/mol. The number of rotatable bonds is 2. The minimum Gasteiger partial charge on any atom is -0.393 e. The lowest BCUT2D eigenvalue weighted by Gasteiger charge is -2.06. The monoisotopic (exact) mass is 238 g/mol. The number of halogens is 1. The fourth-order valence-corrected chi connectivity index (χ4v) is 1.58. The Hall–Kier alpha value is -2.08. The summed E-state index contributed by atoms with van der Waals surface area (Å²) in [5.41, 5.74) is 5.99. The molecule has 0 saturated heterocycles. The van der Waals surface area contributed by atoms with Gasteiger partial charge in [0.25, 0.3) is 5.69 Å². The highest BCUT2D eigenvalue weighted by Crippen LogP contribution is 2.31. The Balaban J connectivity index is 2.59. The average Bonchev–Trinajstić information content (AvgIpc) is 2.73. The zero-order valence-electron chi connectivity index (χ0n) is 8.00. The van der Waals surface area contributed by atoms with E-state index in [0.29, 0.717) is 5.69 Å². The molecule has 2 N–H and O–H groups in total. The molecule has 0 aliphatic rings. The number of aromatic nitrogens is 2. The molecule has 2 rings (SSSR count). The van der Waals surface area contributed by atoms with Gasteiger partial charge in [-0.15, -0.1) is 0 Å². The van der Waals surface area contributed by atoms with Gasteiger partial charge in [0.15, 0.2) is 0 Å². The molecule has 0 bridgehead atoms. The lowest BCUT2D eigenvalue weighted by Crippen LogP contribution is -1.99. The summed E-state index contributed by atoms with van der Waals surface area (Å²) in [6.07, 6.45) is 4.78. The van der Waals surface area contributed by atoms with Crippen molar-refractivity contribution in [2.45, 2.75) is 0 Å². The molecule has 1 aromatic heterocycles. The summed E-state index contributed by atoms with van der Waals surface area (Å²) >= 11 is 5.93. The minimum atomic E-state index is -0.571. The highest BCUT2D eigenvalue weighted by atomic mass is 35.5. The molecule has 0 atom stereocenters. The maximum atomic E-state index is 10.6. The van der Waals surface area contributed by atoms with Crippen LogP contribution in [0.15, 0.2) is 30.9 Å². The molecule has 1 heterocycles. The summed E-state index contributed by atoms with van der Waals surface area (Å²) < 4.78 is 1.63. The molecule has 82 valence electrons. The lowest BCUT2D eigenvalue weighted by atomic mass is 10.2. The van der Waals surface area contributed by atoms with Crippen LogP contribution in [0.2, 0.25) is 5.02 Å². The highest BCUT2D eigenvalue weighted by molar-refractivity contribution is 6.32. The Labute approximate surface area is 95.4 Å². The zero-order valence-corrected chi connectivity index (χ0v) is 8.76. The van der Waals surface area contributed by atoms with Crippen molar-refractivity contribution in [3.8, 4) is 5.69 Å².